The van der Waals surface area contributed by atoms with Gasteiger partial charge in [0, 0.05) is 24.8 Å². The van der Waals surface area contributed by atoms with Crippen molar-refractivity contribution in [2.75, 3.05) is 50.0 Å². The third kappa shape index (κ3) is 15.3. The number of aliphatic hydroxyl groups is 2. The second-order valence-electron chi connectivity index (χ2n) is 18.3. The summed E-state index contributed by atoms with van der Waals surface area (Å²) in [4.78, 5) is 33.2. The molecule has 0 amide bonds. The molecular weight excluding hydrogens is 1060 g/mol. The molecule has 0 saturated carbocycles. The predicted octanol–water partition coefficient (Wildman–Crippen LogP) is 9.04. The van der Waals surface area contributed by atoms with Crippen LogP contribution in [-0.2, 0) is 30.9 Å². The number of nitrogens with one attached hydrogen (secondary N) is 2. The van der Waals surface area contributed by atoms with Crippen LogP contribution in [0.2, 0.25) is 1.41 Å². The van der Waals surface area contributed by atoms with Crippen molar-refractivity contribution in [3.05, 3.63) is 145 Å². The Balaban J connectivity index is 0.000000269. The van der Waals surface area contributed by atoms with E-state index in [4.69, 9.17) is 36.7 Å². The van der Waals surface area contributed by atoms with Gasteiger partial charge in [-0.05, 0) is 82.6 Å². The van der Waals surface area contributed by atoms with Gasteiger partial charge in [-0.25, -0.2) is 46.7 Å². The minimum Gasteiger partial charge on any atom is -0.493 e. The molecule has 0 bridgehead atoms. The molecule has 0 aliphatic rings. The molecule has 0 unspecified atom stereocenters. The molecule has 8 aromatic rings. The Morgan fingerprint density at radius 1 is 0.557 bits per heavy atom. The summed E-state index contributed by atoms with van der Waals surface area (Å²) in [6.45, 7) is 4.80. The predicted molar refractivity (Wildman–Crippen MR) is 296 cm³/mol. The van der Waals surface area contributed by atoms with Crippen LogP contribution in [0, 0.1) is 0 Å². The summed E-state index contributed by atoms with van der Waals surface area (Å²) in [6, 6.07) is 28.5. The third-order valence-corrected chi connectivity index (χ3v) is 13.4. The van der Waals surface area contributed by atoms with Crippen LogP contribution in [0.25, 0.3) is 23.3 Å². The van der Waals surface area contributed by atoms with Crippen molar-refractivity contribution in [2.24, 2.45) is 0 Å². The summed E-state index contributed by atoms with van der Waals surface area (Å²) in [5.41, 5.74) is 1.38. The highest BCUT2D eigenvalue weighted by Gasteiger charge is 2.29. The topological polar surface area (TPSA) is 291 Å². The molecule has 0 saturated heterocycles. The molecule has 4 aromatic carbocycles. The number of para-hydroxylation sites is 4. The SMILES string of the molecule is C.[2H]C([2H])(O)C([2H])([2H])Oc1nc(-c2ncccn2)nc(NS(=O)(=O)c2ccc(C(C)(C)C)cc2)c1Oc1ccccc1OC.[2H]OCCOc1nc(-c2ncccn2)nc(N([2H])S(=O)(=O)c2ccc(C(C)(C)C)cc2)c1Oc1ccccc1OC. The highest BCUT2D eigenvalue weighted by Crippen LogP contribution is 2.43. The van der Waals surface area contributed by atoms with Crippen LogP contribution in [0.15, 0.2) is 144 Å². The number of benzene rings is 4. The van der Waals surface area contributed by atoms with Crippen LogP contribution in [0.5, 0.6) is 46.3 Å². The molecule has 0 aliphatic carbocycles. The Morgan fingerprint density at radius 3 is 1.41 bits per heavy atom. The second-order valence-corrected chi connectivity index (χ2v) is 21.6. The van der Waals surface area contributed by atoms with Gasteiger partial charge in [-0.3, -0.25) is 9.44 Å². The Bertz CT molecular complexity index is 3780. The average Bonchev–Trinajstić information content (AvgIpc) is 3.30. The van der Waals surface area contributed by atoms with Gasteiger partial charge in [0.05, 0.1) is 42.7 Å². The first kappa shape index (κ1) is 51.2. The first-order valence-electron chi connectivity index (χ1n) is 26.3. The molecule has 0 aliphatic heterocycles. The van der Waals surface area contributed by atoms with E-state index in [1.807, 2.05) is 41.5 Å². The number of rotatable bonds is 21. The number of ether oxygens (including phenoxy) is 6. The number of aromatic nitrogens is 8. The van der Waals surface area contributed by atoms with Crippen molar-refractivity contribution < 1.29 is 62.4 Å². The third-order valence-electron chi connectivity index (χ3n) is 10.7. The fourth-order valence-electron chi connectivity index (χ4n) is 6.81. The molecule has 0 spiro atoms. The Labute approximate surface area is 468 Å². The number of methoxy groups -OCH3 is 2. The van der Waals surface area contributed by atoms with E-state index in [1.54, 1.807) is 72.8 Å². The van der Waals surface area contributed by atoms with Gasteiger partial charge in [-0.15, -0.1) is 0 Å². The minimum atomic E-state index is -4.48. The van der Waals surface area contributed by atoms with Gasteiger partial charge in [0.1, 0.15) is 13.2 Å². The summed E-state index contributed by atoms with van der Waals surface area (Å²) >= 11 is 0. The van der Waals surface area contributed by atoms with Crippen LogP contribution in [-0.4, -0.2) is 109 Å². The lowest BCUT2D eigenvalue weighted by Gasteiger charge is -2.20. The molecule has 22 nitrogen and oxygen atoms in total. The standard InChI is InChI=1S/2C27H29N5O6S.CH4/c2*1-27(2,3)18-10-12-19(13-11-18)39(34,35)32-23-22(38-21-9-6-5-8-20(21)36-4)26(37-17-16-33)31-25(30-23)24-28-14-7-15-29-24;/h2*5-15,33H,16-17H2,1-4H3,(H,30,31,32);1H4/i16D2,17D2;33D;/hD. The highest BCUT2D eigenvalue weighted by molar-refractivity contribution is 7.93. The Kier molecular flexibility index (Phi) is 17.0. The van der Waals surface area contributed by atoms with Gasteiger partial charge in [0.15, 0.2) is 47.7 Å². The molecule has 4 N–H and O–H groups in total. The molecule has 4 aromatic heterocycles. The zero-order valence-electron chi connectivity index (χ0n) is 49.4. The van der Waals surface area contributed by atoms with E-state index >= 15 is 0 Å². The maximum Gasteiger partial charge on any atom is 0.263 e. The van der Waals surface area contributed by atoms with E-state index in [9.17, 15) is 21.9 Å². The summed E-state index contributed by atoms with van der Waals surface area (Å²) in [5.74, 6) is -2.57. The van der Waals surface area contributed by atoms with Gasteiger partial charge in [-0.2, -0.15) is 9.97 Å². The molecule has 0 radical (unpaired) electrons. The van der Waals surface area contributed by atoms with Gasteiger partial charge < -0.3 is 38.6 Å². The zero-order valence-corrected chi connectivity index (χ0v) is 45.0. The van der Waals surface area contributed by atoms with E-state index < -0.39 is 56.4 Å². The van der Waals surface area contributed by atoms with Crippen LogP contribution in [0.4, 0.5) is 11.6 Å². The zero-order chi connectivity index (χ0) is 61.3. The van der Waals surface area contributed by atoms with Gasteiger partial charge >= 0.3 is 0 Å². The normalized spacial score (nSPS) is 12.9. The fourth-order valence-corrected chi connectivity index (χ4v) is 8.75. The van der Waals surface area contributed by atoms with Crippen molar-refractivity contribution in [3.8, 4) is 69.6 Å². The Morgan fingerprint density at radius 2 is 0.975 bits per heavy atom. The van der Waals surface area contributed by atoms with Gasteiger partial charge in [0.25, 0.3) is 31.8 Å². The summed E-state index contributed by atoms with van der Waals surface area (Å²) in [6.07, 6.45) is 5.67. The summed E-state index contributed by atoms with van der Waals surface area (Å²) < 4.78 is 138. The molecule has 8 rings (SSSR count). The largest absolute Gasteiger partial charge is 0.493 e. The molecule has 0 fully saturated rings. The lowest BCUT2D eigenvalue weighted by molar-refractivity contribution is 0.192. The van der Waals surface area contributed by atoms with E-state index in [0.717, 1.165) is 11.1 Å². The molecule has 0 atom stereocenters. The van der Waals surface area contributed by atoms with Crippen molar-refractivity contribution in [3.63, 3.8) is 0 Å². The van der Waals surface area contributed by atoms with E-state index in [-0.39, 0.29) is 98.2 Å². The lowest BCUT2D eigenvalue weighted by Crippen LogP contribution is -2.17. The first-order valence-corrected chi connectivity index (χ1v) is 26.4. The maximum absolute atomic E-state index is 13.7. The van der Waals surface area contributed by atoms with E-state index in [0.29, 0.717) is 5.75 Å². The summed E-state index contributed by atoms with van der Waals surface area (Å²) in [5, 5.41) is 14.2. The number of hydrogen-bond acceptors (Lipinski definition) is 20. The smallest absolute Gasteiger partial charge is 0.263 e. The van der Waals surface area contributed by atoms with Crippen molar-refractivity contribution in [1.82, 2.24) is 39.9 Å². The van der Waals surface area contributed by atoms with Crippen molar-refractivity contribution in [1.29, 1.82) is 1.43 Å². The van der Waals surface area contributed by atoms with Gasteiger partial charge in [0.2, 0.25) is 24.6 Å². The van der Waals surface area contributed by atoms with Crippen molar-refractivity contribution in [2.45, 2.75) is 69.6 Å². The number of sulfonamides is 2. The molecule has 24 heteroatoms. The maximum atomic E-state index is 13.7. The van der Waals surface area contributed by atoms with E-state index in [1.165, 1.54) is 75.4 Å². The molecule has 4 heterocycles. The molecule has 416 valence electrons. The first-order chi connectivity index (χ1) is 39.6. The van der Waals surface area contributed by atoms with Crippen molar-refractivity contribution >= 4 is 31.7 Å². The highest BCUT2D eigenvalue weighted by atomic mass is 32.2. The average molecular weight is 1130 g/mol. The number of aliphatic hydroxyl groups excluding tert-OH is 1. The Hall–Kier alpha value is -8.58. The second kappa shape index (κ2) is 26.2. The van der Waals surface area contributed by atoms with Crippen LogP contribution in [0.1, 0.15) is 65.6 Å². The van der Waals surface area contributed by atoms with Crippen LogP contribution >= 0.6 is 0 Å². The lowest BCUT2D eigenvalue weighted by atomic mass is 9.87. The van der Waals surface area contributed by atoms with E-state index in [2.05, 4.69) is 49.7 Å². The minimum absolute atomic E-state index is 0. The van der Waals surface area contributed by atoms with Gasteiger partial charge in [-0.1, -0.05) is 97.5 Å². The fraction of sp³-hybridized carbons (Fsp3) is 0.273. The monoisotopic (exact) mass is 1120 g/mol. The number of nitrogens with zero attached hydrogens (tertiary/aromatic N) is 8. The van der Waals surface area contributed by atoms with Crippen LogP contribution < -0.4 is 37.9 Å². The number of hydrogen-bond donors (Lipinski definition) is 4. The number of anilines is 2. The van der Waals surface area contributed by atoms with Crippen LogP contribution in [0.3, 0.4) is 0 Å². The molecule has 79 heavy (non-hydrogen) atoms. The summed E-state index contributed by atoms with van der Waals surface area (Å²) in [7, 11) is -6.02. The molecular formula is C55H62N10O12S2. The quantitative estimate of drug-likeness (QED) is 0.0488.